The van der Waals surface area contributed by atoms with Gasteiger partial charge in [-0.05, 0) is 30.9 Å². The van der Waals surface area contributed by atoms with Gasteiger partial charge in [0.25, 0.3) is 5.69 Å². The average Bonchev–Trinajstić information content (AvgIpc) is 2.95. The van der Waals surface area contributed by atoms with E-state index in [1.54, 1.807) is 4.90 Å². The van der Waals surface area contributed by atoms with Gasteiger partial charge in [-0.1, -0.05) is 12.1 Å². The monoisotopic (exact) mass is 346 g/mol. The highest BCUT2D eigenvalue weighted by Crippen LogP contribution is 2.21. The number of piperidine rings is 1. The van der Waals surface area contributed by atoms with Gasteiger partial charge < -0.3 is 4.90 Å². The van der Waals surface area contributed by atoms with E-state index in [9.17, 15) is 19.7 Å². The Morgan fingerprint density at radius 3 is 2.76 bits per heavy atom. The maximum absolute atomic E-state index is 12.5. The van der Waals surface area contributed by atoms with Crippen molar-refractivity contribution in [3.63, 3.8) is 0 Å². The van der Waals surface area contributed by atoms with E-state index in [-0.39, 0.29) is 24.0 Å². The van der Waals surface area contributed by atoms with Crippen LogP contribution in [0.15, 0.2) is 33.6 Å². The lowest BCUT2D eigenvalue weighted by Gasteiger charge is -2.30. The lowest BCUT2D eigenvalue weighted by Crippen LogP contribution is -2.41. The molecule has 9 nitrogen and oxygen atoms in total. The molecule has 0 spiro atoms. The van der Waals surface area contributed by atoms with Gasteiger partial charge in [-0.3, -0.25) is 19.4 Å². The molecule has 1 amide bonds. The second-order valence-electron chi connectivity index (χ2n) is 6.25. The van der Waals surface area contributed by atoms with E-state index < -0.39 is 10.7 Å². The summed E-state index contributed by atoms with van der Waals surface area (Å²) in [5.74, 6) is -0.281. The number of amides is 1. The van der Waals surface area contributed by atoms with Crippen molar-refractivity contribution in [3.8, 4) is 11.4 Å². The molecule has 1 unspecified atom stereocenters. The lowest BCUT2D eigenvalue weighted by molar-refractivity contribution is -0.384. The van der Waals surface area contributed by atoms with Crippen molar-refractivity contribution in [2.75, 3.05) is 13.1 Å². The molecule has 0 bridgehead atoms. The van der Waals surface area contributed by atoms with Gasteiger partial charge in [0.05, 0.1) is 4.92 Å². The van der Waals surface area contributed by atoms with Gasteiger partial charge in [0, 0.05) is 30.8 Å². The number of aromatic nitrogens is 2. The van der Waals surface area contributed by atoms with E-state index in [0.29, 0.717) is 24.6 Å². The van der Waals surface area contributed by atoms with Gasteiger partial charge in [0.1, 0.15) is 6.54 Å². The Morgan fingerprint density at radius 1 is 1.40 bits per heavy atom. The summed E-state index contributed by atoms with van der Waals surface area (Å²) in [4.78, 5) is 36.4. The second kappa shape index (κ2) is 6.88. The topological polar surface area (TPSA) is 111 Å². The molecular weight excluding hydrogens is 328 g/mol. The third kappa shape index (κ3) is 3.59. The summed E-state index contributed by atoms with van der Waals surface area (Å²) in [5.41, 5.74) is 0.399. The Balaban J connectivity index is 1.83. The van der Waals surface area contributed by atoms with Crippen molar-refractivity contribution < 1.29 is 14.2 Å². The van der Waals surface area contributed by atoms with Crippen LogP contribution in [0.25, 0.3) is 11.4 Å². The van der Waals surface area contributed by atoms with Gasteiger partial charge >= 0.3 is 5.76 Å². The fourth-order valence-electron chi connectivity index (χ4n) is 3.00. The van der Waals surface area contributed by atoms with E-state index in [1.165, 1.54) is 24.3 Å². The van der Waals surface area contributed by atoms with Gasteiger partial charge in [0.15, 0.2) is 5.82 Å². The van der Waals surface area contributed by atoms with Crippen LogP contribution < -0.4 is 5.76 Å². The van der Waals surface area contributed by atoms with Crippen molar-refractivity contribution in [1.29, 1.82) is 0 Å². The zero-order chi connectivity index (χ0) is 18.0. The molecule has 0 N–H and O–H groups in total. The Kier molecular flexibility index (Phi) is 4.64. The van der Waals surface area contributed by atoms with Crippen molar-refractivity contribution in [2.24, 2.45) is 5.92 Å². The van der Waals surface area contributed by atoms with Crippen LogP contribution in [0.3, 0.4) is 0 Å². The number of carbonyl (C=O) groups is 1. The molecule has 25 heavy (non-hydrogen) atoms. The number of non-ortho nitro benzene ring substituents is 1. The van der Waals surface area contributed by atoms with Crippen LogP contribution in [-0.2, 0) is 11.3 Å². The van der Waals surface area contributed by atoms with Crippen LogP contribution in [0.5, 0.6) is 0 Å². The molecule has 3 rings (SSSR count). The third-order valence-corrected chi connectivity index (χ3v) is 4.33. The highest BCUT2D eigenvalue weighted by atomic mass is 16.6. The maximum atomic E-state index is 12.5. The molecule has 2 heterocycles. The molecule has 1 atom stereocenters. The molecule has 9 heteroatoms. The van der Waals surface area contributed by atoms with Gasteiger partial charge in [-0.2, -0.15) is 0 Å². The first-order chi connectivity index (χ1) is 12.0. The van der Waals surface area contributed by atoms with Crippen molar-refractivity contribution in [2.45, 2.75) is 26.3 Å². The third-order valence-electron chi connectivity index (χ3n) is 4.33. The number of nitro benzene ring substituents is 1. The van der Waals surface area contributed by atoms with Crippen molar-refractivity contribution >= 4 is 11.6 Å². The van der Waals surface area contributed by atoms with E-state index >= 15 is 0 Å². The van der Waals surface area contributed by atoms with Crippen LogP contribution in [0.4, 0.5) is 5.69 Å². The van der Waals surface area contributed by atoms with Gasteiger partial charge in [-0.25, -0.2) is 9.36 Å². The van der Waals surface area contributed by atoms with Crippen LogP contribution in [0.2, 0.25) is 0 Å². The first-order valence-electron chi connectivity index (χ1n) is 8.05. The van der Waals surface area contributed by atoms with Gasteiger partial charge in [-0.15, -0.1) is 0 Å². The Hall–Kier alpha value is -2.97. The zero-order valence-corrected chi connectivity index (χ0v) is 13.8. The summed E-state index contributed by atoms with van der Waals surface area (Å²) in [5, 5.41) is 14.4. The van der Waals surface area contributed by atoms with Crippen molar-refractivity contribution in [1.82, 2.24) is 14.6 Å². The molecule has 1 aromatic carbocycles. The Bertz CT molecular complexity index is 839. The lowest BCUT2D eigenvalue weighted by atomic mass is 10.0. The zero-order valence-electron chi connectivity index (χ0n) is 13.8. The summed E-state index contributed by atoms with van der Waals surface area (Å²) in [7, 11) is 0. The maximum Gasteiger partial charge on any atom is 0.442 e. The standard InChI is InChI=1S/C16H18N4O5/c1-11-3-2-8-18(9-11)14(21)10-19-15(17-25-16(19)22)12-4-6-13(7-5-12)20(23)24/h4-7,11H,2-3,8-10H2,1H3. The minimum absolute atomic E-state index is 0.0699. The fourth-order valence-corrected chi connectivity index (χ4v) is 3.00. The van der Waals surface area contributed by atoms with Crippen LogP contribution in [-0.4, -0.2) is 38.5 Å². The number of hydrogen-bond acceptors (Lipinski definition) is 6. The minimum Gasteiger partial charge on any atom is -0.341 e. The number of nitro groups is 1. The van der Waals surface area contributed by atoms with E-state index in [4.69, 9.17) is 0 Å². The molecule has 0 radical (unpaired) electrons. The number of carbonyl (C=O) groups excluding carboxylic acids is 1. The smallest absolute Gasteiger partial charge is 0.341 e. The number of nitrogens with zero attached hydrogens (tertiary/aromatic N) is 4. The molecule has 2 aromatic rings. The van der Waals surface area contributed by atoms with Crippen molar-refractivity contribution in [3.05, 3.63) is 44.9 Å². The second-order valence-corrected chi connectivity index (χ2v) is 6.25. The first kappa shape index (κ1) is 16.9. The predicted octanol–water partition coefficient (Wildman–Crippen LogP) is 1.67. The molecule has 1 aliphatic heterocycles. The molecular formula is C16H18N4O5. The minimum atomic E-state index is -0.730. The molecule has 0 aliphatic carbocycles. The van der Waals surface area contributed by atoms with Crippen LogP contribution in [0, 0.1) is 16.0 Å². The van der Waals surface area contributed by atoms with E-state index in [0.717, 1.165) is 17.4 Å². The number of benzene rings is 1. The largest absolute Gasteiger partial charge is 0.442 e. The summed E-state index contributed by atoms with van der Waals surface area (Å²) in [6.07, 6.45) is 2.03. The Morgan fingerprint density at radius 2 is 2.12 bits per heavy atom. The summed E-state index contributed by atoms with van der Waals surface area (Å²) < 4.78 is 5.85. The predicted molar refractivity (Wildman–Crippen MR) is 87.8 cm³/mol. The average molecular weight is 346 g/mol. The number of likely N-dealkylation sites (tertiary alicyclic amines) is 1. The van der Waals surface area contributed by atoms with Crippen LogP contribution in [0.1, 0.15) is 19.8 Å². The Labute approximate surface area is 143 Å². The first-order valence-corrected chi connectivity index (χ1v) is 8.05. The molecule has 1 aromatic heterocycles. The highest BCUT2D eigenvalue weighted by Gasteiger charge is 2.24. The molecule has 1 fully saturated rings. The fraction of sp³-hybridized carbons (Fsp3) is 0.438. The normalized spacial score (nSPS) is 17.5. The number of rotatable bonds is 4. The van der Waals surface area contributed by atoms with E-state index in [2.05, 4.69) is 16.6 Å². The van der Waals surface area contributed by atoms with Gasteiger partial charge in [0.2, 0.25) is 5.91 Å². The SMILES string of the molecule is CC1CCCN(C(=O)Cn2c(-c3ccc([N+](=O)[O-])cc3)noc2=O)C1. The quantitative estimate of drug-likeness (QED) is 0.615. The summed E-state index contributed by atoms with van der Waals surface area (Å²) in [6, 6.07) is 5.57. The summed E-state index contributed by atoms with van der Waals surface area (Å²) >= 11 is 0. The van der Waals surface area contributed by atoms with Crippen LogP contribution >= 0.6 is 0 Å². The molecule has 1 aliphatic rings. The molecule has 132 valence electrons. The summed E-state index contributed by atoms with van der Waals surface area (Å²) in [6.45, 7) is 3.27. The van der Waals surface area contributed by atoms with E-state index in [1.807, 2.05) is 0 Å². The highest BCUT2D eigenvalue weighted by molar-refractivity contribution is 5.76. The number of hydrogen-bond donors (Lipinski definition) is 0. The molecule has 0 saturated carbocycles. The molecule has 1 saturated heterocycles.